The number of anilines is 1. The van der Waals surface area contributed by atoms with Gasteiger partial charge in [0.2, 0.25) is 0 Å². The Morgan fingerprint density at radius 3 is 2.38 bits per heavy atom. The Hall–Kier alpha value is -3.67. The molecule has 0 atom stereocenters. The molecule has 6 heteroatoms. The van der Waals surface area contributed by atoms with Crippen molar-refractivity contribution in [3.05, 3.63) is 85.1 Å². The van der Waals surface area contributed by atoms with E-state index in [0.29, 0.717) is 12.4 Å². The molecule has 126 valence electrons. The SMILES string of the molecule is c1ccc(-c2nc(NCc3cccnc3)cc(-c3cccnc3)n2)nc1. The lowest BCUT2D eigenvalue weighted by Crippen LogP contribution is -2.04. The summed E-state index contributed by atoms with van der Waals surface area (Å²) >= 11 is 0. The summed E-state index contributed by atoms with van der Waals surface area (Å²) in [7, 11) is 0. The Labute approximate surface area is 151 Å². The fourth-order valence-electron chi connectivity index (χ4n) is 2.50. The maximum atomic E-state index is 4.66. The first kappa shape index (κ1) is 15.8. The molecule has 0 aliphatic heterocycles. The van der Waals surface area contributed by atoms with Crippen molar-refractivity contribution < 1.29 is 0 Å². The first-order valence-corrected chi connectivity index (χ1v) is 8.22. The summed E-state index contributed by atoms with van der Waals surface area (Å²) in [5, 5.41) is 3.34. The molecular weight excluding hydrogens is 324 g/mol. The van der Waals surface area contributed by atoms with Crippen LogP contribution in [0.15, 0.2) is 79.5 Å². The predicted octanol–water partition coefficient (Wildman–Crippen LogP) is 3.61. The first-order valence-electron chi connectivity index (χ1n) is 8.22. The normalized spacial score (nSPS) is 10.5. The zero-order valence-corrected chi connectivity index (χ0v) is 13.9. The largest absolute Gasteiger partial charge is 0.366 e. The second-order valence-electron chi connectivity index (χ2n) is 5.63. The highest BCUT2D eigenvalue weighted by Crippen LogP contribution is 2.23. The van der Waals surface area contributed by atoms with Crippen LogP contribution in [0.5, 0.6) is 0 Å². The zero-order chi connectivity index (χ0) is 17.6. The standard InChI is InChI=1S/C20H16N6/c1-2-10-23-17(7-1)20-25-18(16-6-4-9-22-14-16)11-19(26-20)24-13-15-5-3-8-21-12-15/h1-12,14H,13H2,(H,24,25,26). The monoisotopic (exact) mass is 340 g/mol. The van der Waals surface area contributed by atoms with Crippen LogP contribution in [0.1, 0.15) is 5.56 Å². The van der Waals surface area contributed by atoms with Crippen molar-refractivity contribution in [1.29, 1.82) is 0 Å². The topological polar surface area (TPSA) is 76.5 Å². The van der Waals surface area contributed by atoms with Gasteiger partial charge >= 0.3 is 0 Å². The summed E-state index contributed by atoms with van der Waals surface area (Å²) in [6.07, 6.45) is 8.85. The fourth-order valence-corrected chi connectivity index (χ4v) is 2.50. The van der Waals surface area contributed by atoms with Gasteiger partial charge in [-0.2, -0.15) is 0 Å². The Morgan fingerprint density at radius 1 is 0.769 bits per heavy atom. The average Bonchev–Trinajstić information content (AvgIpc) is 2.74. The highest BCUT2D eigenvalue weighted by molar-refractivity contribution is 5.65. The highest BCUT2D eigenvalue weighted by Gasteiger charge is 2.09. The van der Waals surface area contributed by atoms with Gasteiger partial charge in [-0.3, -0.25) is 15.0 Å². The van der Waals surface area contributed by atoms with Crippen LogP contribution in [-0.4, -0.2) is 24.9 Å². The van der Waals surface area contributed by atoms with Gasteiger partial charge in [0.15, 0.2) is 5.82 Å². The van der Waals surface area contributed by atoms with E-state index in [9.17, 15) is 0 Å². The third kappa shape index (κ3) is 3.70. The Morgan fingerprint density at radius 2 is 1.65 bits per heavy atom. The summed E-state index contributed by atoms with van der Waals surface area (Å²) in [5.74, 6) is 1.30. The van der Waals surface area contributed by atoms with E-state index in [2.05, 4.69) is 30.2 Å². The Kier molecular flexibility index (Phi) is 4.56. The van der Waals surface area contributed by atoms with Gasteiger partial charge in [0.05, 0.1) is 5.69 Å². The van der Waals surface area contributed by atoms with Crippen LogP contribution in [0.3, 0.4) is 0 Å². The lowest BCUT2D eigenvalue weighted by Gasteiger charge is -2.10. The van der Waals surface area contributed by atoms with E-state index in [0.717, 1.165) is 28.3 Å². The van der Waals surface area contributed by atoms with Crippen molar-refractivity contribution in [2.45, 2.75) is 6.54 Å². The van der Waals surface area contributed by atoms with Crippen LogP contribution in [0, 0.1) is 0 Å². The molecule has 0 amide bonds. The number of nitrogens with one attached hydrogen (secondary N) is 1. The lowest BCUT2D eigenvalue weighted by atomic mass is 10.2. The molecule has 0 saturated heterocycles. The molecule has 6 nitrogen and oxygen atoms in total. The van der Waals surface area contributed by atoms with Crippen molar-refractivity contribution in [3.63, 3.8) is 0 Å². The number of aromatic nitrogens is 5. The van der Waals surface area contributed by atoms with Gasteiger partial charge < -0.3 is 5.32 Å². The van der Waals surface area contributed by atoms with Gasteiger partial charge in [-0.05, 0) is 35.9 Å². The summed E-state index contributed by atoms with van der Waals surface area (Å²) in [6, 6.07) is 15.4. The maximum Gasteiger partial charge on any atom is 0.180 e. The van der Waals surface area contributed by atoms with Crippen molar-refractivity contribution in [2.75, 3.05) is 5.32 Å². The van der Waals surface area contributed by atoms with Crippen LogP contribution in [-0.2, 0) is 6.54 Å². The molecule has 0 aliphatic carbocycles. The van der Waals surface area contributed by atoms with Crippen LogP contribution < -0.4 is 5.32 Å². The van der Waals surface area contributed by atoms with E-state index in [-0.39, 0.29) is 0 Å². The third-order valence-corrected chi connectivity index (χ3v) is 3.77. The van der Waals surface area contributed by atoms with Crippen LogP contribution in [0.25, 0.3) is 22.8 Å². The van der Waals surface area contributed by atoms with Crippen molar-refractivity contribution in [3.8, 4) is 22.8 Å². The average molecular weight is 340 g/mol. The van der Waals surface area contributed by atoms with Crippen molar-refractivity contribution in [1.82, 2.24) is 24.9 Å². The quantitative estimate of drug-likeness (QED) is 0.598. The summed E-state index contributed by atoms with van der Waals surface area (Å²) in [4.78, 5) is 22.0. The number of rotatable bonds is 5. The van der Waals surface area contributed by atoms with Crippen LogP contribution >= 0.6 is 0 Å². The molecule has 0 spiro atoms. The van der Waals surface area contributed by atoms with Crippen molar-refractivity contribution in [2.24, 2.45) is 0 Å². The number of pyridine rings is 3. The van der Waals surface area contributed by atoms with E-state index in [4.69, 9.17) is 0 Å². The Bertz CT molecular complexity index is 917. The third-order valence-electron chi connectivity index (χ3n) is 3.77. The van der Waals surface area contributed by atoms with Gasteiger partial charge in [-0.1, -0.05) is 12.1 Å². The molecule has 4 rings (SSSR count). The Balaban J connectivity index is 1.70. The molecule has 0 aliphatic rings. The fraction of sp³-hybridized carbons (Fsp3) is 0.0500. The number of hydrogen-bond donors (Lipinski definition) is 1. The highest BCUT2D eigenvalue weighted by atomic mass is 15.0. The maximum absolute atomic E-state index is 4.66. The molecule has 0 aromatic carbocycles. The van der Waals surface area contributed by atoms with Gasteiger partial charge in [0.1, 0.15) is 11.5 Å². The van der Waals surface area contributed by atoms with E-state index in [1.54, 1.807) is 24.8 Å². The molecule has 0 saturated carbocycles. The zero-order valence-electron chi connectivity index (χ0n) is 13.9. The summed E-state index contributed by atoms with van der Waals surface area (Å²) in [6.45, 7) is 0.624. The molecule has 26 heavy (non-hydrogen) atoms. The van der Waals surface area contributed by atoms with Gasteiger partial charge in [0, 0.05) is 49.2 Å². The minimum Gasteiger partial charge on any atom is -0.366 e. The first-order chi connectivity index (χ1) is 12.9. The predicted molar refractivity (Wildman–Crippen MR) is 100 cm³/mol. The molecule has 0 fully saturated rings. The van der Waals surface area contributed by atoms with E-state index in [1.165, 1.54) is 0 Å². The van der Waals surface area contributed by atoms with E-state index >= 15 is 0 Å². The molecule has 0 bridgehead atoms. The number of nitrogens with zero attached hydrogens (tertiary/aromatic N) is 5. The molecule has 4 heterocycles. The lowest BCUT2D eigenvalue weighted by molar-refractivity contribution is 1.06. The van der Waals surface area contributed by atoms with Crippen molar-refractivity contribution >= 4 is 5.82 Å². The van der Waals surface area contributed by atoms with E-state index < -0.39 is 0 Å². The van der Waals surface area contributed by atoms with Gasteiger partial charge in [0.25, 0.3) is 0 Å². The molecule has 4 aromatic heterocycles. The summed E-state index contributed by atoms with van der Waals surface area (Å²) < 4.78 is 0. The molecule has 0 radical (unpaired) electrons. The number of hydrogen-bond acceptors (Lipinski definition) is 6. The minimum absolute atomic E-state index is 0.570. The minimum atomic E-state index is 0.570. The summed E-state index contributed by atoms with van der Waals surface area (Å²) in [5.41, 5.74) is 3.52. The smallest absolute Gasteiger partial charge is 0.180 e. The molecule has 1 N–H and O–H groups in total. The van der Waals surface area contributed by atoms with Gasteiger partial charge in [-0.25, -0.2) is 9.97 Å². The van der Waals surface area contributed by atoms with Crippen LogP contribution in [0.2, 0.25) is 0 Å². The van der Waals surface area contributed by atoms with Crippen LogP contribution in [0.4, 0.5) is 5.82 Å². The van der Waals surface area contributed by atoms with E-state index in [1.807, 2.05) is 54.7 Å². The molecule has 0 unspecified atom stereocenters. The second-order valence-corrected chi connectivity index (χ2v) is 5.63. The molecular formula is C20H16N6. The molecule has 4 aromatic rings. The van der Waals surface area contributed by atoms with Gasteiger partial charge in [-0.15, -0.1) is 0 Å². The second kappa shape index (κ2) is 7.48.